The number of anilines is 1. The molecule has 0 saturated heterocycles. The maximum atomic E-state index is 12.1. The first kappa shape index (κ1) is 18.9. The number of carbonyl (C=O) groups is 1. The maximum Gasteiger partial charge on any atom is 0.293 e. The molecule has 0 radical (unpaired) electrons. The normalized spacial score (nSPS) is 10.6. The van der Waals surface area contributed by atoms with Crippen molar-refractivity contribution in [2.75, 3.05) is 11.9 Å². The van der Waals surface area contributed by atoms with Gasteiger partial charge < -0.3 is 10.2 Å². The molecule has 25 heavy (non-hydrogen) atoms. The van der Waals surface area contributed by atoms with Gasteiger partial charge in [0.15, 0.2) is 0 Å². The lowest BCUT2D eigenvalue weighted by Crippen LogP contribution is -2.30. The second-order valence-electron chi connectivity index (χ2n) is 6.07. The van der Waals surface area contributed by atoms with Crippen molar-refractivity contribution in [2.45, 2.75) is 26.4 Å². The summed E-state index contributed by atoms with van der Waals surface area (Å²) in [4.78, 5) is 24.9. The average Bonchev–Trinajstić information content (AvgIpc) is 2.55. The molecule has 6 nitrogen and oxygen atoms in total. The molecule has 0 atom stereocenters. The van der Waals surface area contributed by atoms with Crippen molar-refractivity contribution in [3.8, 4) is 0 Å². The van der Waals surface area contributed by atoms with Crippen molar-refractivity contribution >= 4 is 33.2 Å². The Kier molecular flexibility index (Phi) is 6.14. The highest BCUT2D eigenvalue weighted by molar-refractivity contribution is 9.10. The van der Waals surface area contributed by atoms with Crippen molar-refractivity contribution in [3.63, 3.8) is 0 Å². The zero-order chi connectivity index (χ0) is 18.6. The van der Waals surface area contributed by atoms with Gasteiger partial charge in [0, 0.05) is 35.7 Å². The van der Waals surface area contributed by atoms with Crippen LogP contribution in [0.15, 0.2) is 46.9 Å². The zero-order valence-electron chi connectivity index (χ0n) is 14.3. The smallest absolute Gasteiger partial charge is 0.293 e. The monoisotopic (exact) mass is 405 g/mol. The fraction of sp³-hybridized carbons (Fsp3) is 0.278. The molecule has 132 valence electrons. The molecule has 0 bridgehead atoms. The van der Waals surface area contributed by atoms with Crippen molar-refractivity contribution in [1.29, 1.82) is 0 Å². The van der Waals surface area contributed by atoms with E-state index in [1.54, 1.807) is 24.1 Å². The summed E-state index contributed by atoms with van der Waals surface area (Å²) in [6.07, 6.45) is 0. The molecule has 7 heteroatoms. The summed E-state index contributed by atoms with van der Waals surface area (Å²) in [5.41, 5.74) is 1.69. The van der Waals surface area contributed by atoms with Crippen molar-refractivity contribution in [1.82, 2.24) is 5.32 Å². The molecule has 0 saturated carbocycles. The Morgan fingerprint density at radius 3 is 2.44 bits per heavy atom. The third-order valence-electron chi connectivity index (χ3n) is 3.60. The van der Waals surface area contributed by atoms with E-state index in [9.17, 15) is 14.9 Å². The van der Waals surface area contributed by atoms with Crippen molar-refractivity contribution in [3.05, 3.63) is 68.2 Å². The van der Waals surface area contributed by atoms with Crippen LogP contribution in [-0.2, 0) is 6.54 Å². The molecule has 0 fully saturated rings. The van der Waals surface area contributed by atoms with E-state index in [0.717, 1.165) is 10.0 Å². The van der Waals surface area contributed by atoms with Crippen LogP contribution in [0.1, 0.15) is 29.8 Å². The predicted octanol–water partition coefficient (Wildman–Crippen LogP) is 4.13. The zero-order valence-corrected chi connectivity index (χ0v) is 15.9. The van der Waals surface area contributed by atoms with E-state index in [1.807, 2.05) is 38.1 Å². The van der Waals surface area contributed by atoms with Gasteiger partial charge in [-0.2, -0.15) is 0 Å². The molecule has 1 amide bonds. The van der Waals surface area contributed by atoms with Crippen LogP contribution in [0.5, 0.6) is 0 Å². The summed E-state index contributed by atoms with van der Waals surface area (Å²) in [6, 6.07) is 12.3. The molecule has 0 aliphatic heterocycles. The molecule has 0 aliphatic rings. The third kappa shape index (κ3) is 5.03. The first-order valence-corrected chi connectivity index (χ1v) is 8.62. The number of hydrogen-bond acceptors (Lipinski definition) is 4. The summed E-state index contributed by atoms with van der Waals surface area (Å²) in [6.45, 7) is 4.20. The van der Waals surface area contributed by atoms with E-state index in [-0.39, 0.29) is 23.2 Å². The van der Waals surface area contributed by atoms with Gasteiger partial charge in [-0.05, 0) is 43.7 Å². The van der Waals surface area contributed by atoms with E-state index in [1.165, 1.54) is 6.07 Å². The largest absolute Gasteiger partial charge is 0.365 e. The predicted molar refractivity (Wildman–Crippen MR) is 102 cm³/mol. The summed E-state index contributed by atoms with van der Waals surface area (Å²) in [5, 5.41) is 14.2. The number of halogens is 1. The van der Waals surface area contributed by atoms with E-state index in [0.29, 0.717) is 12.2 Å². The maximum absolute atomic E-state index is 12.1. The van der Waals surface area contributed by atoms with Crippen molar-refractivity contribution in [2.24, 2.45) is 0 Å². The minimum absolute atomic E-state index is 0.0358. The molecular formula is C18H20BrN3O3. The molecule has 0 heterocycles. The Balaban J connectivity index is 2.28. The van der Waals surface area contributed by atoms with Crippen LogP contribution in [0.4, 0.5) is 11.4 Å². The van der Waals surface area contributed by atoms with Gasteiger partial charge in [0.2, 0.25) is 0 Å². The highest BCUT2D eigenvalue weighted by Crippen LogP contribution is 2.29. The Bertz CT molecular complexity index is 776. The van der Waals surface area contributed by atoms with Crippen LogP contribution in [0.2, 0.25) is 0 Å². The van der Waals surface area contributed by atoms with Gasteiger partial charge in [0.1, 0.15) is 5.69 Å². The number of nitrogens with one attached hydrogen (secondary N) is 1. The van der Waals surface area contributed by atoms with E-state index >= 15 is 0 Å². The van der Waals surface area contributed by atoms with Crippen LogP contribution in [0.25, 0.3) is 0 Å². The minimum atomic E-state index is -0.459. The summed E-state index contributed by atoms with van der Waals surface area (Å²) in [5.74, 6) is -0.319. The van der Waals surface area contributed by atoms with Crippen LogP contribution >= 0.6 is 15.9 Å². The topological polar surface area (TPSA) is 75.5 Å². The number of benzene rings is 2. The first-order chi connectivity index (χ1) is 11.8. The van der Waals surface area contributed by atoms with Gasteiger partial charge in [0.25, 0.3) is 11.6 Å². The van der Waals surface area contributed by atoms with E-state index in [4.69, 9.17) is 0 Å². The van der Waals surface area contributed by atoms with Gasteiger partial charge >= 0.3 is 0 Å². The number of carbonyl (C=O) groups excluding carboxylic acids is 1. The number of amides is 1. The summed E-state index contributed by atoms with van der Waals surface area (Å²) < 4.78 is 0.977. The Labute approximate surface area is 155 Å². The molecule has 0 aromatic heterocycles. The van der Waals surface area contributed by atoms with E-state index < -0.39 is 4.92 Å². The minimum Gasteiger partial charge on any atom is -0.365 e. The third-order valence-corrected chi connectivity index (χ3v) is 4.13. The Morgan fingerprint density at radius 2 is 1.88 bits per heavy atom. The summed E-state index contributed by atoms with van der Waals surface area (Å²) >= 11 is 3.38. The van der Waals surface area contributed by atoms with Crippen LogP contribution in [-0.4, -0.2) is 23.9 Å². The SMILES string of the molecule is CC(C)NC(=O)c1ccc(N(C)Cc2ccc(Br)cc2)c([N+](=O)[O-])c1. The number of hydrogen-bond donors (Lipinski definition) is 1. The standard InChI is InChI=1S/C18H20BrN3O3/c1-12(2)20-18(23)14-6-9-16(17(10-14)22(24)25)21(3)11-13-4-7-15(19)8-5-13/h4-10,12H,11H2,1-3H3,(H,20,23). The lowest BCUT2D eigenvalue weighted by Gasteiger charge is -2.20. The van der Waals surface area contributed by atoms with Crippen LogP contribution < -0.4 is 10.2 Å². The van der Waals surface area contributed by atoms with Crippen LogP contribution in [0, 0.1) is 10.1 Å². The number of nitrogens with zero attached hydrogens (tertiary/aromatic N) is 2. The number of nitro benzene ring substituents is 1. The molecule has 2 aromatic carbocycles. The molecule has 1 N–H and O–H groups in total. The fourth-order valence-corrected chi connectivity index (χ4v) is 2.69. The Hall–Kier alpha value is -2.41. The lowest BCUT2D eigenvalue weighted by atomic mass is 10.1. The summed E-state index contributed by atoms with van der Waals surface area (Å²) in [7, 11) is 1.79. The van der Waals surface area contributed by atoms with Gasteiger partial charge in [-0.25, -0.2) is 0 Å². The van der Waals surface area contributed by atoms with Gasteiger partial charge in [-0.3, -0.25) is 14.9 Å². The molecule has 0 spiro atoms. The Morgan fingerprint density at radius 1 is 1.24 bits per heavy atom. The fourth-order valence-electron chi connectivity index (χ4n) is 2.43. The second kappa shape index (κ2) is 8.11. The average molecular weight is 406 g/mol. The van der Waals surface area contributed by atoms with E-state index in [2.05, 4.69) is 21.2 Å². The first-order valence-electron chi connectivity index (χ1n) is 7.83. The van der Waals surface area contributed by atoms with Gasteiger partial charge in [-0.1, -0.05) is 28.1 Å². The number of rotatable bonds is 6. The highest BCUT2D eigenvalue weighted by Gasteiger charge is 2.20. The molecule has 2 aromatic rings. The molecule has 2 rings (SSSR count). The molecule has 0 aliphatic carbocycles. The van der Waals surface area contributed by atoms with Crippen molar-refractivity contribution < 1.29 is 9.72 Å². The highest BCUT2D eigenvalue weighted by atomic mass is 79.9. The second-order valence-corrected chi connectivity index (χ2v) is 6.99. The lowest BCUT2D eigenvalue weighted by molar-refractivity contribution is -0.384. The number of nitro groups is 1. The van der Waals surface area contributed by atoms with Gasteiger partial charge in [0.05, 0.1) is 4.92 Å². The molecular weight excluding hydrogens is 386 g/mol. The quantitative estimate of drug-likeness (QED) is 0.578. The van der Waals surface area contributed by atoms with Crippen LogP contribution in [0.3, 0.4) is 0 Å². The molecule has 0 unspecified atom stereocenters. The van der Waals surface area contributed by atoms with Gasteiger partial charge in [-0.15, -0.1) is 0 Å².